The molecular formula is C25H33N4O7S+. The highest BCUT2D eigenvalue weighted by Gasteiger charge is 2.61. The third kappa shape index (κ3) is 5.87. The lowest BCUT2D eigenvalue weighted by Gasteiger charge is -2.29. The van der Waals surface area contributed by atoms with E-state index in [9.17, 15) is 27.6 Å². The fourth-order valence-electron chi connectivity index (χ4n) is 3.75. The van der Waals surface area contributed by atoms with Gasteiger partial charge in [-0.15, -0.1) is 0 Å². The van der Waals surface area contributed by atoms with Crippen LogP contribution >= 0.6 is 0 Å². The Kier molecular flexibility index (Phi) is 9.31. The van der Waals surface area contributed by atoms with Gasteiger partial charge in [0.25, 0.3) is 0 Å². The molecule has 12 heteroatoms. The zero-order valence-corrected chi connectivity index (χ0v) is 22.3. The van der Waals surface area contributed by atoms with Crippen LogP contribution in [0, 0.1) is 12.8 Å². The van der Waals surface area contributed by atoms with Crippen molar-refractivity contribution in [3.63, 3.8) is 0 Å². The summed E-state index contributed by atoms with van der Waals surface area (Å²) in [5.74, 6) is -3.74. The highest BCUT2D eigenvalue weighted by atomic mass is 32.2. The number of carbonyl (C=O) groups excluding carboxylic acids is 4. The van der Waals surface area contributed by atoms with Gasteiger partial charge in [0.15, 0.2) is 0 Å². The van der Waals surface area contributed by atoms with E-state index in [-0.39, 0.29) is 24.4 Å². The number of rotatable bonds is 8. The Balaban J connectivity index is 2.68. The molecule has 2 aromatic rings. The molecule has 0 aliphatic heterocycles. The summed E-state index contributed by atoms with van der Waals surface area (Å²) in [5, 5.41) is 0. The Bertz CT molecular complexity index is 1290. The first-order valence-electron chi connectivity index (χ1n) is 11.6. The highest BCUT2D eigenvalue weighted by Crippen LogP contribution is 2.33. The second-order valence-electron chi connectivity index (χ2n) is 8.89. The summed E-state index contributed by atoms with van der Waals surface area (Å²) in [6, 6.07) is 9.48. The number of nitrogens with two attached hydrogens (primary N) is 2. The maximum absolute atomic E-state index is 13.8. The van der Waals surface area contributed by atoms with Crippen molar-refractivity contribution in [2.24, 2.45) is 17.4 Å². The molecule has 11 nitrogen and oxygen atoms in total. The maximum atomic E-state index is 13.8. The number of sulfonamides is 1. The first-order valence-corrected chi connectivity index (χ1v) is 13.1. The predicted molar refractivity (Wildman–Crippen MR) is 136 cm³/mol. The fourth-order valence-corrected chi connectivity index (χ4v) is 5.42. The van der Waals surface area contributed by atoms with Crippen molar-refractivity contribution in [1.82, 2.24) is 0 Å². The van der Waals surface area contributed by atoms with Crippen LogP contribution in [0.5, 0.6) is 0 Å². The molecule has 4 amide bonds. The molecule has 1 unspecified atom stereocenters. The predicted octanol–water partition coefficient (Wildman–Crippen LogP) is 3.03. The fraction of sp³-hybridized carbons (Fsp3) is 0.360. The van der Waals surface area contributed by atoms with Crippen LogP contribution in [-0.4, -0.2) is 42.3 Å². The molecule has 0 radical (unpaired) electrons. The molecule has 2 rings (SSSR count). The van der Waals surface area contributed by atoms with Gasteiger partial charge in [0.1, 0.15) is 15.0 Å². The molecular weight excluding hydrogens is 500 g/mol. The largest absolute Gasteiger partial charge is 0.395 e. The summed E-state index contributed by atoms with van der Waals surface area (Å²) in [6.45, 7) is 7.53. The number of imide groups is 1. The van der Waals surface area contributed by atoms with E-state index in [2.05, 4.69) is 0 Å². The minimum atomic E-state index is -5.00. The number of primary amides is 1. The molecule has 0 aromatic heterocycles. The zero-order chi connectivity index (χ0) is 28.1. The summed E-state index contributed by atoms with van der Waals surface area (Å²) < 4.78 is 25.4. The van der Waals surface area contributed by atoms with Crippen LogP contribution in [0.15, 0.2) is 53.4 Å². The van der Waals surface area contributed by atoms with Crippen molar-refractivity contribution >= 4 is 45.2 Å². The normalized spacial score (nSPS) is 13.9. The van der Waals surface area contributed by atoms with Crippen molar-refractivity contribution in [2.75, 3.05) is 4.90 Å². The average Bonchev–Trinajstić information content (AvgIpc) is 2.82. The average molecular weight is 534 g/mol. The third-order valence-corrected chi connectivity index (χ3v) is 7.63. The number of carbonyl (C=O) groups is 4. The van der Waals surface area contributed by atoms with Gasteiger partial charge in [-0.1, -0.05) is 39.0 Å². The van der Waals surface area contributed by atoms with Crippen LogP contribution in [-0.2, 0) is 29.2 Å². The number of hydrogen-bond acceptors (Lipinski definition) is 8. The molecule has 0 fully saturated rings. The lowest BCUT2D eigenvalue weighted by Crippen LogP contribution is -2.64. The summed E-state index contributed by atoms with van der Waals surface area (Å²) >= 11 is 0. The molecule has 4 N–H and O–H groups in total. The van der Waals surface area contributed by atoms with E-state index in [1.807, 2.05) is 0 Å². The van der Waals surface area contributed by atoms with Crippen LogP contribution in [0.4, 0.5) is 16.2 Å². The topological polar surface area (TPSA) is 167 Å². The van der Waals surface area contributed by atoms with Gasteiger partial charge in [0.05, 0.1) is 18.3 Å². The molecule has 0 aliphatic carbocycles. The van der Waals surface area contributed by atoms with E-state index in [0.717, 1.165) is 24.6 Å². The number of amides is 4. The first kappa shape index (κ1) is 29.6. The van der Waals surface area contributed by atoms with Gasteiger partial charge in [-0.2, -0.15) is 8.42 Å². The molecule has 2 aromatic carbocycles. The van der Waals surface area contributed by atoms with Gasteiger partial charge >= 0.3 is 33.8 Å². The first-order chi connectivity index (χ1) is 17.2. The number of benzene rings is 2. The number of para-hydroxylation sites is 1. The van der Waals surface area contributed by atoms with Crippen molar-refractivity contribution in [3.8, 4) is 0 Å². The third-order valence-electron chi connectivity index (χ3n) is 5.57. The number of aryl methyl sites for hydroxylation is 1. The Morgan fingerprint density at radius 3 is 2.05 bits per heavy atom. The molecule has 0 aliphatic rings. The van der Waals surface area contributed by atoms with Crippen LogP contribution in [0.2, 0.25) is 0 Å². The molecule has 0 saturated heterocycles. The van der Waals surface area contributed by atoms with E-state index in [1.54, 1.807) is 45.0 Å². The van der Waals surface area contributed by atoms with Gasteiger partial charge in [-0.25, -0.2) is 24.0 Å². The Labute approximate surface area is 216 Å². The van der Waals surface area contributed by atoms with E-state index < -0.39 is 48.8 Å². The maximum Gasteiger partial charge on any atom is 0.395 e. The molecule has 0 heterocycles. The minimum absolute atomic E-state index is 0.0498. The van der Waals surface area contributed by atoms with Crippen LogP contribution in [0.3, 0.4) is 0 Å². The smallest absolute Gasteiger partial charge is 0.351 e. The molecule has 0 saturated carbocycles. The lowest BCUT2D eigenvalue weighted by molar-refractivity contribution is -0.854. The summed E-state index contributed by atoms with van der Waals surface area (Å²) in [5.41, 5.74) is 13.0. The monoisotopic (exact) mass is 533 g/mol. The quantitative estimate of drug-likeness (QED) is 0.386. The van der Waals surface area contributed by atoms with Gasteiger partial charge in [0.2, 0.25) is 0 Å². The van der Waals surface area contributed by atoms with E-state index in [1.165, 1.54) is 24.0 Å². The molecule has 0 spiro atoms. The molecule has 37 heavy (non-hydrogen) atoms. The molecule has 2 atom stereocenters. The second-order valence-corrected chi connectivity index (χ2v) is 10.8. The minimum Gasteiger partial charge on any atom is -0.351 e. The standard InChI is InChI=1S/C25H32N4O7S/c1-6-23(31)36-29(18(5)30,24(32)21(26)15-16(2)3)37(34,35)20-13-11-19(12-14-20)28(25(27)33)22-10-8-7-9-17(22)4/h7-14,16,21H,6,15,26H2,1-5H3,(H-,27,33)/p+1/t21-,29?/m0/s1. The highest BCUT2D eigenvalue weighted by molar-refractivity contribution is 7.86. The summed E-state index contributed by atoms with van der Waals surface area (Å²) in [6.07, 6.45) is -0.243. The van der Waals surface area contributed by atoms with Crippen molar-refractivity contribution < 1.29 is 36.5 Å². The zero-order valence-electron chi connectivity index (χ0n) is 21.5. The van der Waals surface area contributed by atoms with Crippen LogP contribution < -0.4 is 16.4 Å². The van der Waals surface area contributed by atoms with Gasteiger partial charge in [-0.05, 0) is 55.2 Å². The van der Waals surface area contributed by atoms with E-state index in [0.29, 0.717) is 5.69 Å². The Morgan fingerprint density at radius 1 is 1.03 bits per heavy atom. The molecule has 0 bridgehead atoms. The molecule has 200 valence electrons. The van der Waals surface area contributed by atoms with Gasteiger partial charge in [0, 0.05) is 6.42 Å². The second kappa shape index (κ2) is 11.6. The van der Waals surface area contributed by atoms with Gasteiger partial charge in [-0.3, -0.25) is 4.90 Å². The summed E-state index contributed by atoms with van der Waals surface area (Å²) in [7, 11) is -5.00. The number of nitrogens with zero attached hydrogens (tertiary/aromatic N) is 2. The Morgan fingerprint density at radius 2 is 1.59 bits per heavy atom. The number of hydrogen-bond donors (Lipinski definition) is 2. The van der Waals surface area contributed by atoms with Crippen LogP contribution in [0.25, 0.3) is 0 Å². The van der Waals surface area contributed by atoms with E-state index in [4.69, 9.17) is 16.3 Å². The number of anilines is 2. The van der Waals surface area contributed by atoms with Gasteiger partial charge < -0.3 is 11.5 Å². The Hall–Kier alpha value is -3.61. The van der Waals surface area contributed by atoms with E-state index >= 15 is 0 Å². The SMILES string of the molecule is CCC(=O)O[N+](C(C)=O)(C(=O)[C@@H](N)CC(C)C)S(=O)(=O)c1ccc(N(C(N)=O)c2ccccc2C)cc1. The number of urea groups is 1. The van der Waals surface area contributed by atoms with Crippen molar-refractivity contribution in [2.45, 2.75) is 58.4 Å². The van der Waals surface area contributed by atoms with Crippen molar-refractivity contribution in [3.05, 3.63) is 54.1 Å². The number of quaternary nitrogens is 1. The number of hydroxylamine groups is 2. The van der Waals surface area contributed by atoms with Crippen molar-refractivity contribution in [1.29, 1.82) is 0 Å². The summed E-state index contributed by atoms with van der Waals surface area (Å²) in [4.78, 5) is 56.5. The van der Waals surface area contributed by atoms with Crippen LogP contribution in [0.1, 0.15) is 46.1 Å². The lowest BCUT2D eigenvalue weighted by atomic mass is 10.0.